The number of carbonyl (C=O) groups excluding carboxylic acids is 2. The maximum absolute atomic E-state index is 12.9. The van der Waals surface area contributed by atoms with Crippen LogP contribution in [0.25, 0.3) is 0 Å². The second kappa shape index (κ2) is 10.2. The molecule has 2 aliphatic rings. The van der Waals surface area contributed by atoms with Crippen molar-refractivity contribution < 1.29 is 19.5 Å². The number of aromatic nitrogens is 1. The number of pyridine rings is 1. The Morgan fingerprint density at radius 3 is 2.73 bits per heavy atom. The summed E-state index contributed by atoms with van der Waals surface area (Å²) in [5, 5.41) is 11.8. The lowest BCUT2D eigenvalue weighted by atomic mass is 10.0. The molecule has 0 aliphatic carbocycles. The lowest BCUT2D eigenvalue weighted by molar-refractivity contribution is -0.150. The number of rotatable bonds is 7. The van der Waals surface area contributed by atoms with Gasteiger partial charge >= 0.3 is 5.97 Å². The van der Waals surface area contributed by atoms with Crippen LogP contribution in [0.15, 0.2) is 58.9 Å². The van der Waals surface area contributed by atoms with Gasteiger partial charge in [-0.25, -0.2) is 4.79 Å². The molecule has 0 saturated carbocycles. The molecule has 3 atom stereocenters. The fourth-order valence-electron chi connectivity index (χ4n) is 3.50. The van der Waals surface area contributed by atoms with E-state index in [1.165, 1.54) is 28.4 Å². The zero-order valence-electron chi connectivity index (χ0n) is 16.8. The van der Waals surface area contributed by atoms with Crippen LogP contribution in [0, 0.1) is 0 Å². The van der Waals surface area contributed by atoms with Gasteiger partial charge in [0.15, 0.2) is 0 Å². The summed E-state index contributed by atoms with van der Waals surface area (Å²) in [7, 11) is 0. The first-order chi connectivity index (χ1) is 15.8. The van der Waals surface area contributed by atoms with Crippen LogP contribution in [0.2, 0.25) is 10.0 Å². The van der Waals surface area contributed by atoms with E-state index in [-0.39, 0.29) is 5.70 Å². The molecule has 1 saturated heterocycles. The molecule has 1 aromatic heterocycles. The van der Waals surface area contributed by atoms with Crippen LogP contribution in [0.1, 0.15) is 10.8 Å². The zero-order chi connectivity index (χ0) is 23.7. The third-order valence-electron chi connectivity index (χ3n) is 5.11. The Hall–Kier alpha value is -1.85. The Bertz CT molecular complexity index is 1150. The summed E-state index contributed by atoms with van der Waals surface area (Å²) in [6.07, 6.45) is 3.33. The zero-order valence-corrected chi connectivity index (χ0v) is 20.8. The molecule has 172 valence electrons. The first-order valence-corrected chi connectivity index (χ1v) is 12.9. The summed E-state index contributed by atoms with van der Waals surface area (Å²) in [6, 6.07) is 7.54. The normalized spacial score (nSPS) is 20.7. The minimum absolute atomic E-state index is 0.0175. The van der Waals surface area contributed by atoms with E-state index in [1.807, 2.05) is 12.1 Å². The van der Waals surface area contributed by atoms with Crippen LogP contribution in [0.4, 0.5) is 0 Å². The van der Waals surface area contributed by atoms with Gasteiger partial charge in [0.1, 0.15) is 22.4 Å². The topological polar surface area (TPSA) is 99.6 Å². The Balaban J connectivity index is 1.47. The summed E-state index contributed by atoms with van der Waals surface area (Å²) >= 11 is 19.4. The minimum Gasteiger partial charge on any atom is -0.477 e. The molecule has 12 heteroatoms. The number of nitrogens with zero attached hydrogens (tertiary/aromatic N) is 2. The SMILES string of the molecule is O=C(O)C1=C(CSc2ccncc2)CS[C@@H]2C(NC(=O)C(S)c3cc(Cl)ccc3Cl)C(=O)N12. The first kappa shape index (κ1) is 24.3. The van der Waals surface area contributed by atoms with Gasteiger partial charge in [-0.2, -0.15) is 12.6 Å². The molecular weight excluding hydrogens is 525 g/mol. The molecule has 2 unspecified atom stereocenters. The molecule has 1 aromatic carbocycles. The first-order valence-electron chi connectivity index (χ1n) is 9.64. The quantitative estimate of drug-likeness (QED) is 0.277. The van der Waals surface area contributed by atoms with Crippen molar-refractivity contribution >= 4 is 77.1 Å². The Kier molecular flexibility index (Phi) is 7.49. The van der Waals surface area contributed by atoms with Crippen LogP contribution in [-0.4, -0.2) is 55.7 Å². The van der Waals surface area contributed by atoms with E-state index in [0.29, 0.717) is 32.7 Å². The molecule has 0 spiro atoms. The predicted octanol–water partition coefficient (Wildman–Crippen LogP) is 3.89. The monoisotopic (exact) mass is 541 g/mol. The van der Waals surface area contributed by atoms with E-state index in [1.54, 1.807) is 30.6 Å². The van der Waals surface area contributed by atoms with Crippen LogP contribution in [0.5, 0.6) is 0 Å². The van der Waals surface area contributed by atoms with Gasteiger partial charge < -0.3 is 10.4 Å². The maximum Gasteiger partial charge on any atom is 0.352 e. The number of carboxylic acids is 1. The van der Waals surface area contributed by atoms with Gasteiger partial charge in [-0.3, -0.25) is 19.5 Å². The number of hydrogen-bond acceptors (Lipinski definition) is 7. The largest absolute Gasteiger partial charge is 0.477 e. The standard InChI is InChI=1S/C21H17Cl2N3O4S3/c22-11-1-2-14(23)13(7-11)17(31)18(27)25-15-19(28)26-16(21(29)30)10(9-33-20(15)26)8-32-12-3-5-24-6-4-12/h1-7,15,17,20,31H,8-9H2,(H,25,27)(H,29,30)/t15?,17?,20-/m1/s1. The van der Waals surface area contributed by atoms with Gasteiger partial charge in [0.05, 0.1) is 0 Å². The van der Waals surface area contributed by atoms with Crippen molar-refractivity contribution in [2.45, 2.75) is 21.6 Å². The Morgan fingerprint density at radius 2 is 2.03 bits per heavy atom. The molecule has 0 bridgehead atoms. The van der Waals surface area contributed by atoms with Crippen LogP contribution >= 0.6 is 59.4 Å². The summed E-state index contributed by atoms with van der Waals surface area (Å²) < 4.78 is 0. The van der Waals surface area contributed by atoms with E-state index in [4.69, 9.17) is 23.2 Å². The number of aliphatic carboxylic acids is 1. The highest BCUT2D eigenvalue weighted by Crippen LogP contribution is 2.42. The molecule has 2 aromatic rings. The van der Waals surface area contributed by atoms with Crippen molar-refractivity contribution in [3.05, 3.63) is 69.6 Å². The van der Waals surface area contributed by atoms with Crippen molar-refractivity contribution in [2.24, 2.45) is 0 Å². The van der Waals surface area contributed by atoms with E-state index in [0.717, 1.165) is 4.90 Å². The molecule has 2 amide bonds. The number of thioether (sulfide) groups is 2. The Morgan fingerprint density at radius 1 is 1.30 bits per heavy atom. The molecule has 7 nitrogen and oxygen atoms in total. The van der Waals surface area contributed by atoms with Gasteiger partial charge in [-0.15, -0.1) is 23.5 Å². The number of carbonyl (C=O) groups is 3. The number of hydrogen-bond donors (Lipinski definition) is 3. The van der Waals surface area contributed by atoms with Gasteiger partial charge in [0.2, 0.25) is 5.91 Å². The lowest BCUT2D eigenvalue weighted by Gasteiger charge is -2.49. The number of nitrogens with one attached hydrogen (secondary N) is 1. The van der Waals surface area contributed by atoms with Crippen molar-refractivity contribution in [3.8, 4) is 0 Å². The Labute approximate surface area is 213 Å². The summed E-state index contributed by atoms with van der Waals surface area (Å²) in [4.78, 5) is 43.8. The average Bonchev–Trinajstić information content (AvgIpc) is 2.81. The predicted molar refractivity (Wildman–Crippen MR) is 133 cm³/mol. The maximum atomic E-state index is 12.9. The highest BCUT2D eigenvalue weighted by atomic mass is 35.5. The summed E-state index contributed by atoms with van der Waals surface area (Å²) in [5.41, 5.74) is 1.06. The molecule has 33 heavy (non-hydrogen) atoms. The van der Waals surface area contributed by atoms with E-state index >= 15 is 0 Å². The van der Waals surface area contributed by atoms with Gasteiger partial charge in [-0.1, -0.05) is 23.2 Å². The van der Waals surface area contributed by atoms with Gasteiger partial charge in [0, 0.05) is 38.8 Å². The van der Waals surface area contributed by atoms with Crippen molar-refractivity contribution in [1.82, 2.24) is 15.2 Å². The van der Waals surface area contributed by atoms with E-state index in [9.17, 15) is 19.5 Å². The highest BCUT2D eigenvalue weighted by molar-refractivity contribution is 8.01. The van der Waals surface area contributed by atoms with Crippen molar-refractivity contribution in [2.75, 3.05) is 11.5 Å². The number of β-lactam (4-membered cyclic amide) rings is 1. The van der Waals surface area contributed by atoms with E-state index < -0.39 is 34.4 Å². The molecule has 2 N–H and O–H groups in total. The van der Waals surface area contributed by atoms with Crippen LogP contribution in [-0.2, 0) is 14.4 Å². The van der Waals surface area contributed by atoms with Crippen LogP contribution < -0.4 is 5.32 Å². The molecule has 3 heterocycles. The fourth-order valence-corrected chi connectivity index (χ4v) is 6.64. The smallest absolute Gasteiger partial charge is 0.352 e. The third kappa shape index (κ3) is 5.00. The average molecular weight is 542 g/mol. The minimum atomic E-state index is -1.17. The number of fused-ring (bicyclic) bond motifs is 1. The van der Waals surface area contributed by atoms with Gasteiger partial charge in [-0.05, 0) is 41.5 Å². The summed E-state index contributed by atoms with van der Waals surface area (Å²) in [6.45, 7) is 0. The molecule has 4 rings (SSSR count). The lowest BCUT2D eigenvalue weighted by Crippen LogP contribution is -2.70. The highest BCUT2D eigenvalue weighted by Gasteiger charge is 2.54. The molecular formula is C21H17Cl2N3O4S3. The van der Waals surface area contributed by atoms with Crippen molar-refractivity contribution in [3.63, 3.8) is 0 Å². The van der Waals surface area contributed by atoms with E-state index in [2.05, 4.69) is 22.9 Å². The fraction of sp³-hybridized carbons (Fsp3) is 0.238. The number of carboxylic acid groups (broad SMARTS) is 1. The molecule has 0 radical (unpaired) electrons. The van der Waals surface area contributed by atoms with Crippen molar-refractivity contribution in [1.29, 1.82) is 0 Å². The number of thiol groups is 1. The molecule has 2 aliphatic heterocycles. The number of benzene rings is 1. The second-order valence-corrected chi connectivity index (χ2v) is 10.7. The summed E-state index contributed by atoms with van der Waals surface area (Å²) in [5.74, 6) is -1.28. The second-order valence-electron chi connectivity index (χ2n) is 7.19. The number of halogens is 2. The molecule has 1 fully saturated rings. The number of amides is 2. The van der Waals surface area contributed by atoms with Crippen LogP contribution in [0.3, 0.4) is 0 Å². The third-order valence-corrected chi connectivity index (χ3v) is 8.64. The van der Waals surface area contributed by atoms with Gasteiger partial charge in [0.25, 0.3) is 5.91 Å².